The first-order valence-corrected chi connectivity index (χ1v) is 12.5. The first-order chi connectivity index (χ1) is 17.1. The highest BCUT2D eigenvalue weighted by Crippen LogP contribution is 2.37. The van der Waals surface area contributed by atoms with Crippen molar-refractivity contribution in [3.05, 3.63) is 54.1 Å². The summed E-state index contributed by atoms with van der Waals surface area (Å²) in [7, 11) is 1.60. The quantitative estimate of drug-likeness (QED) is 0.469. The van der Waals surface area contributed by atoms with Crippen LogP contribution in [0.3, 0.4) is 0 Å². The second-order valence-corrected chi connectivity index (χ2v) is 9.38. The number of carbonyl (C=O) groups is 1. The van der Waals surface area contributed by atoms with Gasteiger partial charge in [-0.1, -0.05) is 6.08 Å². The van der Waals surface area contributed by atoms with Gasteiger partial charge in [-0.3, -0.25) is 9.69 Å². The van der Waals surface area contributed by atoms with Gasteiger partial charge in [0.15, 0.2) is 0 Å². The second-order valence-electron chi connectivity index (χ2n) is 9.38. The van der Waals surface area contributed by atoms with Crippen molar-refractivity contribution < 1.29 is 18.7 Å². The maximum Gasteiger partial charge on any atom is 0.308 e. The summed E-state index contributed by atoms with van der Waals surface area (Å²) in [6.45, 7) is 4.22. The molecule has 0 unspecified atom stereocenters. The number of aromatic amines is 1. The van der Waals surface area contributed by atoms with Crippen molar-refractivity contribution in [2.45, 2.75) is 45.1 Å². The van der Waals surface area contributed by atoms with Crippen LogP contribution < -0.4 is 4.74 Å². The van der Waals surface area contributed by atoms with Crippen molar-refractivity contribution in [2.75, 3.05) is 26.8 Å². The zero-order valence-corrected chi connectivity index (χ0v) is 20.4. The molecule has 1 N–H and O–H groups in total. The summed E-state index contributed by atoms with van der Waals surface area (Å²) in [4.78, 5) is 22.6. The third-order valence-electron chi connectivity index (χ3n) is 7.40. The van der Waals surface area contributed by atoms with Gasteiger partial charge >= 0.3 is 5.97 Å². The van der Waals surface area contributed by atoms with E-state index in [0.717, 1.165) is 67.5 Å². The van der Waals surface area contributed by atoms with Crippen LogP contribution in [0.1, 0.15) is 44.7 Å². The Balaban J connectivity index is 1.31. The van der Waals surface area contributed by atoms with Crippen LogP contribution in [0.4, 0.5) is 4.39 Å². The number of halogens is 1. The number of ether oxygens (including phenoxy) is 2. The van der Waals surface area contributed by atoms with E-state index in [1.54, 1.807) is 19.4 Å². The lowest BCUT2D eigenvalue weighted by Gasteiger charge is -2.37. The molecular weight excluding hydrogens is 445 g/mol. The smallest absolute Gasteiger partial charge is 0.308 e. The highest BCUT2D eigenvalue weighted by molar-refractivity contribution is 5.96. The molecule has 0 amide bonds. The van der Waals surface area contributed by atoms with E-state index in [2.05, 4.69) is 27.0 Å². The van der Waals surface area contributed by atoms with Gasteiger partial charge in [-0.25, -0.2) is 9.37 Å². The fourth-order valence-corrected chi connectivity index (χ4v) is 5.52. The zero-order valence-electron chi connectivity index (χ0n) is 20.4. The van der Waals surface area contributed by atoms with Crippen LogP contribution in [0.25, 0.3) is 27.7 Å². The topological polar surface area (TPSA) is 67.4 Å². The summed E-state index contributed by atoms with van der Waals surface area (Å²) in [5.41, 5.74) is 4.72. The largest absolute Gasteiger partial charge is 0.496 e. The molecule has 0 spiro atoms. The van der Waals surface area contributed by atoms with E-state index in [-0.39, 0.29) is 17.7 Å². The van der Waals surface area contributed by atoms with E-state index < -0.39 is 0 Å². The van der Waals surface area contributed by atoms with E-state index in [4.69, 9.17) is 9.47 Å². The van der Waals surface area contributed by atoms with Gasteiger partial charge in [-0.05, 0) is 80.5 Å². The molecule has 1 saturated carbocycles. The summed E-state index contributed by atoms with van der Waals surface area (Å²) in [5, 5.41) is 0.951. The predicted molar refractivity (Wildman–Crippen MR) is 135 cm³/mol. The minimum absolute atomic E-state index is 0.0329. The number of nitrogens with one attached hydrogen (secondary N) is 1. The average Bonchev–Trinajstić information content (AvgIpc) is 3.34. The van der Waals surface area contributed by atoms with E-state index in [1.165, 1.54) is 17.7 Å². The summed E-state index contributed by atoms with van der Waals surface area (Å²) in [6.07, 6.45) is 8.90. The standard InChI is InChI=1S/C28H32FN3O3/c1-3-35-28(33)19-4-7-21(8-5-19)32-14-11-18(12-15-32)25-17-24-22(10-13-30-27(24)31-25)23-16-20(29)6-9-26(23)34-2/h6,9-11,13,16-17,19,21H,3-5,7-8,12,14-15H2,1-2H3,(H,30,31)/t19-,21-. The monoisotopic (exact) mass is 477 g/mol. The van der Waals surface area contributed by atoms with Gasteiger partial charge in [-0.2, -0.15) is 0 Å². The lowest BCUT2D eigenvalue weighted by atomic mass is 9.84. The van der Waals surface area contributed by atoms with Crippen molar-refractivity contribution in [3.63, 3.8) is 0 Å². The Bertz CT molecular complexity index is 1240. The molecule has 3 heterocycles. The van der Waals surface area contributed by atoms with E-state index in [9.17, 15) is 9.18 Å². The normalized spacial score (nSPS) is 21.1. The molecule has 2 aromatic heterocycles. The van der Waals surface area contributed by atoms with Crippen LogP contribution in [0, 0.1) is 11.7 Å². The molecule has 0 atom stereocenters. The maximum atomic E-state index is 14.0. The van der Waals surface area contributed by atoms with Crippen LogP contribution in [-0.2, 0) is 9.53 Å². The van der Waals surface area contributed by atoms with Crippen LogP contribution in [0.5, 0.6) is 5.75 Å². The minimum Gasteiger partial charge on any atom is -0.496 e. The van der Waals surface area contributed by atoms with E-state index >= 15 is 0 Å². The summed E-state index contributed by atoms with van der Waals surface area (Å²) in [5.74, 6) is 0.362. The first kappa shape index (κ1) is 23.5. The number of methoxy groups -OCH3 is 1. The first-order valence-electron chi connectivity index (χ1n) is 12.5. The Kier molecular flexibility index (Phi) is 6.86. The SMILES string of the molecule is CCOC(=O)[C@H]1CC[C@H](N2CC=C(c3cc4c(-c5cc(F)ccc5OC)ccnc4[nH]3)CC2)CC1. The van der Waals surface area contributed by atoms with Crippen molar-refractivity contribution in [1.82, 2.24) is 14.9 Å². The van der Waals surface area contributed by atoms with Gasteiger partial charge in [0.05, 0.1) is 19.6 Å². The summed E-state index contributed by atoms with van der Waals surface area (Å²) in [6, 6.07) is 9.12. The van der Waals surface area contributed by atoms with Crippen LogP contribution >= 0.6 is 0 Å². The van der Waals surface area contributed by atoms with Gasteiger partial charge < -0.3 is 14.5 Å². The predicted octanol–water partition coefficient (Wildman–Crippen LogP) is 5.59. The van der Waals surface area contributed by atoms with Gasteiger partial charge in [-0.15, -0.1) is 0 Å². The van der Waals surface area contributed by atoms with E-state index in [0.29, 0.717) is 24.0 Å². The molecule has 1 aliphatic heterocycles. The number of carbonyl (C=O) groups excluding carboxylic acids is 1. The number of hydrogen-bond donors (Lipinski definition) is 1. The number of fused-ring (bicyclic) bond motifs is 1. The third-order valence-corrected chi connectivity index (χ3v) is 7.40. The van der Waals surface area contributed by atoms with Crippen LogP contribution in [-0.4, -0.2) is 53.7 Å². The number of hydrogen-bond acceptors (Lipinski definition) is 5. The number of benzene rings is 1. The summed E-state index contributed by atoms with van der Waals surface area (Å²) < 4.78 is 24.7. The molecule has 1 aromatic carbocycles. The number of esters is 1. The van der Waals surface area contributed by atoms with Gasteiger partial charge in [0.2, 0.25) is 0 Å². The number of aromatic nitrogens is 2. The van der Waals surface area contributed by atoms with Crippen molar-refractivity contribution >= 4 is 22.6 Å². The molecule has 5 rings (SSSR count). The Hall–Kier alpha value is -3.19. The molecule has 0 bridgehead atoms. The molecule has 0 saturated heterocycles. The molecule has 1 aliphatic carbocycles. The third kappa shape index (κ3) is 4.82. The number of rotatable bonds is 6. The molecular formula is C28H32FN3O3. The fraction of sp³-hybridized carbons (Fsp3) is 0.429. The highest BCUT2D eigenvalue weighted by Gasteiger charge is 2.31. The Morgan fingerprint density at radius 2 is 2.00 bits per heavy atom. The average molecular weight is 478 g/mol. The zero-order chi connectivity index (χ0) is 24.4. The molecule has 0 radical (unpaired) electrons. The fourth-order valence-electron chi connectivity index (χ4n) is 5.52. The Morgan fingerprint density at radius 1 is 1.17 bits per heavy atom. The molecule has 184 valence electrons. The van der Waals surface area contributed by atoms with Crippen LogP contribution in [0.2, 0.25) is 0 Å². The lowest BCUT2D eigenvalue weighted by Crippen LogP contribution is -2.41. The van der Waals surface area contributed by atoms with Gasteiger partial charge in [0.25, 0.3) is 0 Å². The number of nitrogens with zero attached hydrogens (tertiary/aromatic N) is 2. The second kappa shape index (κ2) is 10.2. The maximum absolute atomic E-state index is 14.0. The van der Waals surface area contributed by atoms with Crippen molar-refractivity contribution in [2.24, 2.45) is 5.92 Å². The Labute approximate surface area is 205 Å². The molecule has 1 fully saturated rings. The number of H-pyrrole nitrogens is 1. The van der Waals surface area contributed by atoms with Gasteiger partial charge in [0.1, 0.15) is 17.2 Å². The summed E-state index contributed by atoms with van der Waals surface area (Å²) >= 11 is 0. The Morgan fingerprint density at radius 3 is 2.71 bits per heavy atom. The lowest BCUT2D eigenvalue weighted by molar-refractivity contribution is -0.149. The molecule has 3 aromatic rings. The molecule has 2 aliphatic rings. The number of pyridine rings is 1. The molecule has 6 nitrogen and oxygen atoms in total. The van der Waals surface area contributed by atoms with Crippen molar-refractivity contribution in [1.29, 1.82) is 0 Å². The van der Waals surface area contributed by atoms with E-state index in [1.807, 2.05) is 13.0 Å². The van der Waals surface area contributed by atoms with Gasteiger partial charge in [0, 0.05) is 42.0 Å². The highest BCUT2D eigenvalue weighted by atomic mass is 19.1. The van der Waals surface area contributed by atoms with Crippen molar-refractivity contribution in [3.8, 4) is 16.9 Å². The minimum atomic E-state index is -0.298. The molecule has 7 heteroatoms. The molecule has 35 heavy (non-hydrogen) atoms. The van der Waals surface area contributed by atoms with Crippen LogP contribution in [0.15, 0.2) is 42.6 Å².